The molecule has 0 spiro atoms. The lowest BCUT2D eigenvalue weighted by Gasteiger charge is -2.21. The van der Waals surface area contributed by atoms with Gasteiger partial charge in [-0.3, -0.25) is 0 Å². The standard InChI is InChI=1S/C14H21NO/c1-3-14-13(8-9-15-14)12-7-5-4-6-11(12)10-16-2/h4-7,13-15H,3,8-10H2,1-2H3. The molecule has 0 radical (unpaired) electrons. The molecule has 1 aromatic carbocycles. The van der Waals surface area contributed by atoms with Crippen molar-refractivity contribution in [2.45, 2.75) is 38.3 Å². The number of methoxy groups -OCH3 is 1. The second-order valence-corrected chi connectivity index (χ2v) is 4.50. The third-order valence-electron chi connectivity index (χ3n) is 3.54. The van der Waals surface area contributed by atoms with E-state index >= 15 is 0 Å². The average molecular weight is 219 g/mol. The molecule has 2 rings (SSSR count). The Morgan fingerprint density at radius 2 is 2.19 bits per heavy atom. The Bertz CT molecular complexity index is 337. The molecule has 16 heavy (non-hydrogen) atoms. The van der Waals surface area contributed by atoms with Crippen LogP contribution in [0.2, 0.25) is 0 Å². The molecule has 2 heteroatoms. The van der Waals surface area contributed by atoms with Crippen LogP contribution in [0, 0.1) is 0 Å². The molecule has 0 aromatic heterocycles. The van der Waals surface area contributed by atoms with Crippen LogP contribution in [0.25, 0.3) is 0 Å². The first-order chi connectivity index (χ1) is 7.86. The second kappa shape index (κ2) is 5.46. The van der Waals surface area contributed by atoms with Gasteiger partial charge in [-0.2, -0.15) is 0 Å². The molecule has 0 saturated carbocycles. The van der Waals surface area contributed by atoms with Crippen molar-refractivity contribution >= 4 is 0 Å². The lowest BCUT2D eigenvalue weighted by atomic mass is 9.87. The quantitative estimate of drug-likeness (QED) is 0.840. The van der Waals surface area contributed by atoms with E-state index in [0.717, 1.165) is 13.2 Å². The monoisotopic (exact) mass is 219 g/mol. The normalized spacial score (nSPS) is 24.9. The highest BCUT2D eigenvalue weighted by Crippen LogP contribution is 2.31. The predicted molar refractivity (Wildman–Crippen MR) is 66.6 cm³/mol. The summed E-state index contributed by atoms with van der Waals surface area (Å²) < 4.78 is 5.28. The van der Waals surface area contributed by atoms with Crippen LogP contribution < -0.4 is 5.32 Å². The van der Waals surface area contributed by atoms with E-state index in [2.05, 4.69) is 36.5 Å². The first-order valence-corrected chi connectivity index (χ1v) is 6.17. The molecular formula is C14H21NO. The molecule has 0 bridgehead atoms. The molecule has 0 aliphatic carbocycles. The van der Waals surface area contributed by atoms with Gasteiger partial charge in [0.25, 0.3) is 0 Å². The molecule has 1 N–H and O–H groups in total. The number of benzene rings is 1. The fraction of sp³-hybridized carbons (Fsp3) is 0.571. The van der Waals surface area contributed by atoms with Gasteiger partial charge in [-0.05, 0) is 30.5 Å². The Hall–Kier alpha value is -0.860. The predicted octanol–water partition coefficient (Wildman–Crippen LogP) is 2.69. The number of hydrogen-bond donors (Lipinski definition) is 1. The zero-order valence-corrected chi connectivity index (χ0v) is 10.2. The van der Waals surface area contributed by atoms with Crippen molar-refractivity contribution in [3.8, 4) is 0 Å². The maximum Gasteiger partial charge on any atom is 0.0715 e. The van der Waals surface area contributed by atoms with E-state index in [1.807, 2.05) is 0 Å². The summed E-state index contributed by atoms with van der Waals surface area (Å²) in [6.45, 7) is 4.13. The molecule has 1 aromatic rings. The summed E-state index contributed by atoms with van der Waals surface area (Å²) in [6, 6.07) is 9.32. The summed E-state index contributed by atoms with van der Waals surface area (Å²) in [5.41, 5.74) is 2.82. The average Bonchev–Trinajstić information content (AvgIpc) is 2.78. The van der Waals surface area contributed by atoms with Crippen molar-refractivity contribution in [1.29, 1.82) is 0 Å². The first kappa shape index (κ1) is 11.6. The Morgan fingerprint density at radius 3 is 2.94 bits per heavy atom. The fourth-order valence-corrected chi connectivity index (χ4v) is 2.75. The lowest BCUT2D eigenvalue weighted by molar-refractivity contribution is 0.183. The molecule has 2 unspecified atom stereocenters. The molecule has 1 aliphatic rings. The maximum atomic E-state index is 5.28. The largest absolute Gasteiger partial charge is 0.380 e. The molecule has 2 atom stereocenters. The minimum atomic E-state index is 0.637. The zero-order valence-electron chi connectivity index (χ0n) is 10.2. The summed E-state index contributed by atoms with van der Waals surface area (Å²) in [6.07, 6.45) is 2.45. The van der Waals surface area contributed by atoms with E-state index in [9.17, 15) is 0 Å². The lowest BCUT2D eigenvalue weighted by Crippen LogP contribution is -2.25. The van der Waals surface area contributed by atoms with E-state index in [1.165, 1.54) is 24.0 Å². The van der Waals surface area contributed by atoms with Gasteiger partial charge in [0, 0.05) is 19.1 Å². The number of ether oxygens (including phenoxy) is 1. The summed E-state index contributed by atoms with van der Waals surface area (Å²) >= 11 is 0. The molecule has 0 amide bonds. The van der Waals surface area contributed by atoms with E-state index in [-0.39, 0.29) is 0 Å². The molecule has 2 nitrogen and oxygen atoms in total. The van der Waals surface area contributed by atoms with Gasteiger partial charge in [-0.1, -0.05) is 31.2 Å². The molecule has 1 saturated heterocycles. The topological polar surface area (TPSA) is 21.3 Å². The number of hydrogen-bond acceptors (Lipinski definition) is 2. The van der Waals surface area contributed by atoms with Crippen molar-refractivity contribution in [2.75, 3.05) is 13.7 Å². The smallest absolute Gasteiger partial charge is 0.0715 e. The highest BCUT2D eigenvalue weighted by Gasteiger charge is 2.27. The molecule has 1 heterocycles. The van der Waals surface area contributed by atoms with Gasteiger partial charge in [0.15, 0.2) is 0 Å². The van der Waals surface area contributed by atoms with Gasteiger partial charge in [0.05, 0.1) is 6.61 Å². The van der Waals surface area contributed by atoms with E-state index in [4.69, 9.17) is 4.74 Å². The highest BCUT2D eigenvalue weighted by molar-refractivity contribution is 5.32. The van der Waals surface area contributed by atoms with E-state index in [1.54, 1.807) is 7.11 Å². The van der Waals surface area contributed by atoms with Gasteiger partial charge in [0.1, 0.15) is 0 Å². The third kappa shape index (κ3) is 2.28. The van der Waals surface area contributed by atoms with Gasteiger partial charge in [-0.15, -0.1) is 0 Å². The van der Waals surface area contributed by atoms with Crippen LogP contribution in [0.1, 0.15) is 36.8 Å². The third-order valence-corrected chi connectivity index (χ3v) is 3.54. The summed E-state index contributed by atoms with van der Waals surface area (Å²) in [7, 11) is 1.76. The van der Waals surface area contributed by atoms with Gasteiger partial charge in [0.2, 0.25) is 0 Å². The zero-order chi connectivity index (χ0) is 11.4. The van der Waals surface area contributed by atoms with Gasteiger partial charge < -0.3 is 10.1 Å². The van der Waals surface area contributed by atoms with Crippen LogP contribution in [0.3, 0.4) is 0 Å². The highest BCUT2D eigenvalue weighted by atomic mass is 16.5. The minimum Gasteiger partial charge on any atom is -0.380 e. The van der Waals surface area contributed by atoms with Crippen molar-refractivity contribution in [3.63, 3.8) is 0 Å². The first-order valence-electron chi connectivity index (χ1n) is 6.17. The Balaban J connectivity index is 2.24. The fourth-order valence-electron chi connectivity index (χ4n) is 2.75. The summed E-state index contributed by atoms with van der Waals surface area (Å²) in [4.78, 5) is 0. The van der Waals surface area contributed by atoms with Crippen molar-refractivity contribution in [3.05, 3.63) is 35.4 Å². The molecule has 1 aliphatic heterocycles. The van der Waals surface area contributed by atoms with E-state index in [0.29, 0.717) is 12.0 Å². The molecule has 1 fully saturated rings. The maximum absolute atomic E-state index is 5.28. The number of nitrogens with one attached hydrogen (secondary N) is 1. The Labute approximate surface area is 98.0 Å². The van der Waals surface area contributed by atoms with Crippen LogP contribution in [0.5, 0.6) is 0 Å². The Morgan fingerprint density at radius 1 is 1.38 bits per heavy atom. The minimum absolute atomic E-state index is 0.637. The van der Waals surface area contributed by atoms with Crippen molar-refractivity contribution in [2.24, 2.45) is 0 Å². The molecular weight excluding hydrogens is 198 g/mol. The van der Waals surface area contributed by atoms with Crippen LogP contribution in [-0.2, 0) is 11.3 Å². The SMILES string of the molecule is CCC1NCCC1c1ccccc1COC. The van der Waals surface area contributed by atoms with Crippen LogP contribution in [0.4, 0.5) is 0 Å². The van der Waals surface area contributed by atoms with Crippen LogP contribution in [0.15, 0.2) is 24.3 Å². The second-order valence-electron chi connectivity index (χ2n) is 4.50. The molecule has 88 valence electrons. The summed E-state index contributed by atoms with van der Waals surface area (Å²) in [5, 5.41) is 3.58. The van der Waals surface area contributed by atoms with Gasteiger partial charge in [-0.25, -0.2) is 0 Å². The van der Waals surface area contributed by atoms with Crippen LogP contribution in [-0.4, -0.2) is 19.7 Å². The Kier molecular flexibility index (Phi) is 3.97. The van der Waals surface area contributed by atoms with E-state index < -0.39 is 0 Å². The van der Waals surface area contributed by atoms with Crippen molar-refractivity contribution < 1.29 is 4.74 Å². The number of rotatable bonds is 4. The van der Waals surface area contributed by atoms with Gasteiger partial charge >= 0.3 is 0 Å². The summed E-state index contributed by atoms with van der Waals surface area (Å²) in [5.74, 6) is 0.663. The van der Waals surface area contributed by atoms with Crippen LogP contribution >= 0.6 is 0 Å². The van der Waals surface area contributed by atoms with Crippen molar-refractivity contribution in [1.82, 2.24) is 5.32 Å².